The highest BCUT2D eigenvalue weighted by molar-refractivity contribution is 5.79. The monoisotopic (exact) mass is 360 g/mol. The van der Waals surface area contributed by atoms with E-state index in [0.29, 0.717) is 11.6 Å². The summed E-state index contributed by atoms with van der Waals surface area (Å²) in [4.78, 5) is 11.9. The topological polar surface area (TPSA) is 69.8 Å². The fourth-order valence-electron chi connectivity index (χ4n) is 3.88. The van der Waals surface area contributed by atoms with E-state index < -0.39 is 0 Å². The first kappa shape index (κ1) is 17.5. The second-order valence-electron chi connectivity index (χ2n) is 7.10. The van der Waals surface area contributed by atoms with Crippen molar-refractivity contribution in [2.24, 2.45) is 0 Å². The van der Waals surface area contributed by atoms with Crippen molar-refractivity contribution in [1.29, 1.82) is 5.26 Å². The van der Waals surface area contributed by atoms with Gasteiger partial charge in [0.25, 0.3) is 0 Å². The van der Waals surface area contributed by atoms with E-state index in [2.05, 4.69) is 51.0 Å². The van der Waals surface area contributed by atoms with E-state index in [1.807, 2.05) is 25.2 Å². The average Bonchev–Trinajstić information content (AvgIpc) is 3.13. The van der Waals surface area contributed by atoms with Gasteiger partial charge < -0.3 is 14.8 Å². The summed E-state index contributed by atoms with van der Waals surface area (Å²) in [5, 5.41) is 12.4. The van der Waals surface area contributed by atoms with Gasteiger partial charge in [0, 0.05) is 25.3 Å². The minimum absolute atomic E-state index is 0.0232. The molecule has 0 bridgehead atoms. The number of benzene rings is 1. The molecule has 0 saturated carbocycles. The Morgan fingerprint density at radius 2 is 2.11 bits per heavy atom. The van der Waals surface area contributed by atoms with Gasteiger partial charge in [0.05, 0.1) is 28.3 Å². The van der Waals surface area contributed by atoms with E-state index in [9.17, 15) is 0 Å². The molecule has 1 N–H and O–H groups in total. The zero-order valence-electron chi connectivity index (χ0n) is 15.8. The Hall–Kier alpha value is -2.91. The van der Waals surface area contributed by atoms with Crippen LogP contribution in [0.2, 0.25) is 0 Å². The second-order valence-corrected chi connectivity index (χ2v) is 7.10. The maximum absolute atomic E-state index is 9.04. The average molecular weight is 360 g/mol. The van der Waals surface area contributed by atoms with E-state index >= 15 is 0 Å². The first-order valence-corrected chi connectivity index (χ1v) is 9.46. The smallest absolute Gasteiger partial charge is 0.207 e. The number of pyridine rings is 1. The second kappa shape index (κ2) is 7.37. The number of para-hydroxylation sites is 2. The molecule has 6 nitrogen and oxygen atoms in total. The van der Waals surface area contributed by atoms with Gasteiger partial charge in [0.2, 0.25) is 5.95 Å². The number of hydrogen-bond donors (Lipinski definition) is 1. The van der Waals surface area contributed by atoms with Crippen molar-refractivity contribution < 1.29 is 0 Å². The molecule has 0 amide bonds. The summed E-state index contributed by atoms with van der Waals surface area (Å²) in [6.07, 6.45) is 3.99. The normalized spacial score (nSPS) is 18.4. The molecule has 1 aromatic carbocycles. The molecule has 1 fully saturated rings. The summed E-state index contributed by atoms with van der Waals surface area (Å²) in [6.45, 7) is 4.11. The molecule has 3 heterocycles. The van der Waals surface area contributed by atoms with Crippen LogP contribution in [-0.2, 0) is 0 Å². The Morgan fingerprint density at radius 1 is 1.26 bits per heavy atom. The summed E-state index contributed by atoms with van der Waals surface area (Å²) in [5.41, 5.74) is 3.62. The fourth-order valence-corrected chi connectivity index (χ4v) is 3.88. The molecule has 27 heavy (non-hydrogen) atoms. The number of nitrogens with one attached hydrogen (secondary N) is 1. The number of fused-ring (bicyclic) bond motifs is 1. The minimum Gasteiger partial charge on any atom is -0.341 e. The van der Waals surface area contributed by atoms with Crippen LogP contribution in [0, 0.1) is 11.3 Å². The maximum Gasteiger partial charge on any atom is 0.207 e. The first-order valence-electron chi connectivity index (χ1n) is 9.46. The van der Waals surface area contributed by atoms with Crippen LogP contribution in [0.5, 0.6) is 0 Å². The lowest BCUT2D eigenvalue weighted by Gasteiger charge is -2.34. The number of nitrogens with zero attached hydrogens (tertiary/aromatic N) is 5. The molecule has 1 saturated heterocycles. The molecule has 0 radical (unpaired) electrons. The third-order valence-electron chi connectivity index (χ3n) is 5.42. The van der Waals surface area contributed by atoms with E-state index in [0.717, 1.165) is 42.2 Å². The van der Waals surface area contributed by atoms with E-state index in [1.54, 1.807) is 6.20 Å². The molecule has 3 aromatic rings. The number of nitriles is 1. The number of hydrogen-bond acceptors (Lipinski definition) is 5. The Labute approximate surface area is 159 Å². The van der Waals surface area contributed by atoms with Crippen LogP contribution in [0.4, 0.5) is 5.95 Å². The lowest BCUT2D eigenvalue weighted by atomic mass is 10.1. The van der Waals surface area contributed by atoms with Crippen LogP contribution in [0.25, 0.3) is 11.0 Å². The van der Waals surface area contributed by atoms with Gasteiger partial charge in [-0.05, 0) is 51.1 Å². The molecule has 2 atom stereocenters. The lowest BCUT2D eigenvalue weighted by molar-refractivity contribution is 0.440. The molecule has 0 aliphatic carbocycles. The molecule has 0 spiro atoms. The van der Waals surface area contributed by atoms with Crippen LogP contribution in [-0.4, -0.2) is 40.7 Å². The van der Waals surface area contributed by atoms with E-state index in [-0.39, 0.29) is 6.04 Å². The van der Waals surface area contributed by atoms with Gasteiger partial charge >= 0.3 is 0 Å². The Bertz CT molecular complexity index is 968. The number of imidazole rings is 1. The van der Waals surface area contributed by atoms with Crippen LogP contribution in [0.1, 0.15) is 37.1 Å². The zero-order chi connectivity index (χ0) is 18.8. The van der Waals surface area contributed by atoms with Crippen molar-refractivity contribution in [2.75, 3.05) is 25.0 Å². The predicted molar refractivity (Wildman–Crippen MR) is 107 cm³/mol. The van der Waals surface area contributed by atoms with Gasteiger partial charge in [-0.25, -0.2) is 4.98 Å². The van der Waals surface area contributed by atoms with Gasteiger partial charge in [-0.1, -0.05) is 12.1 Å². The lowest BCUT2D eigenvalue weighted by Crippen LogP contribution is -2.45. The Balaban J connectivity index is 1.79. The van der Waals surface area contributed by atoms with Crippen LogP contribution in [0.15, 0.2) is 42.6 Å². The van der Waals surface area contributed by atoms with Crippen LogP contribution >= 0.6 is 0 Å². The first-order chi connectivity index (χ1) is 13.2. The maximum atomic E-state index is 9.04. The number of aromatic nitrogens is 3. The Morgan fingerprint density at radius 3 is 2.85 bits per heavy atom. The van der Waals surface area contributed by atoms with E-state index in [1.165, 1.54) is 6.42 Å². The summed E-state index contributed by atoms with van der Waals surface area (Å²) in [5.74, 6) is 0.995. The largest absolute Gasteiger partial charge is 0.341 e. The molecular formula is C21H24N6. The van der Waals surface area contributed by atoms with Gasteiger partial charge in [-0.3, -0.25) is 4.98 Å². The summed E-state index contributed by atoms with van der Waals surface area (Å²) >= 11 is 0. The summed E-state index contributed by atoms with van der Waals surface area (Å²) in [7, 11) is 2.03. The van der Waals surface area contributed by atoms with Crippen molar-refractivity contribution in [3.8, 4) is 6.07 Å². The standard InChI is InChI=1S/C21H24N6/c1-15(18-10-9-16(12-22)13-24-18)27-20-8-4-3-7-19(20)25-21(27)26-11-5-6-17(14-26)23-2/h3-4,7-10,13,15,17,23H,5-6,11,14H2,1-2H3/t15-,17-/m0/s1. The van der Waals surface area contributed by atoms with E-state index in [4.69, 9.17) is 10.2 Å². The molecule has 0 unspecified atom stereocenters. The summed E-state index contributed by atoms with van der Waals surface area (Å²) in [6, 6.07) is 14.7. The molecule has 1 aliphatic rings. The molecule has 2 aromatic heterocycles. The van der Waals surface area contributed by atoms with Crippen LogP contribution in [0.3, 0.4) is 0 Å². The molecule has 138 valence electrons. The third-order valence-corrected chi connectivity index (χ3v) is 5.42. The minimum atomic E-state index is 0.0232. The molecule has 6 heteroatoms. The molecular weight excluding hydrogens is 336 g/mol. The van der Waals surface area contributed by atoms with Crippen molar-refractivity contribution in [1.82, 2.24) is 19.9 Å². The fraction of sp³-hybridized carbons (Fsp3) is 0.381. The number of likely N-dealkylation sites (N-methyl/N-ethyl adjacent to an activating group) is 1. The molecule has 1 aliphatic heterocycles. The number of piperidine rings is 1. The summed E-state index contributed by atoms with van der Waals surface area (Å²) < 4.78 is 2.28. The van der Waals surface area contributed by atoms with Gasteiger partial charge in [-0.2, -0.15) is 5.26 Å². The van der Waals surface area contributed by atoms with Crippen molar-refractivity contribution in [3.05, 3.63) is 53.9 Å². The van der Waals surface area contributed by atoms with Crippen molar-refractivity contribution in [2.45, 2.75) is 31.8 Å². The van der Waals surface area contributed by atoms with Gasteiger partial charge in [0.1, 0.15) is 6.07 Å². The zero-order valence-corrected chi connectivity index (χ0v) is 15.8. The quantitative estimate of drug-likeness (QED) is 0.774. The van der Waals surface area contributed by atoms with Crippen molar-refractivity contribution >= 4 is 17.0 Å². The number of anilines is 1. The highest BCUT2D eigenvalue weighted by Crippen LogP contribution is 2.31. The van der Waals surface area contributed by atoms with Gasteiger partial charge in [-0.15, -0.1) is 0 Å². The van der Waals surface area contributed by atoms with Gasteiger partial charge in [0.15, 0.2) is 0 Å². The highest BCUT2D eigenvalue weighted by atomic mass is 15.3. The highest BCUT2D eigenvalue weighted by Gasteiger charge is 2.26. The SMILES string of the molecule is CN[C@H]1CCCN(c2nc3ccccc3n2[C@@H](C)c2ccc(C#N)cn2)C1. The van der Waals surface area contributed by atoms with Crippen molar-refractivity contribution in [3.63, 3.8) is 0 Å². The third kappa shape index (κ3) is 3.26. The molecule has 4 rings (SSSR count). The number of rotatable bonds is 4. The Kier molecular flexibility index (Phi) is 4.78. The van der Waals surface area contributed by atoms with Crippen LogP contribution < -0.4 is 10.2 Å². The predicted octanol–water partition coefficient (Wildman–Crippen LogP) is 3.10.